The Morgan fingerprint density at radius 1 is 1.36 bits per heavy atom. The van der Waals surface area contributed by atoms with Crippen molar-refractivity contribution in [3.63, 3.8) is 0 Å². The molecule has 0 bridgehead atoms. The van der Waals surface area contributed by atoms with E-state index in [-0.39, 0.29) is 10.7 Å². The molecule has 1 aromatic heterocycles. The third-order valence-corrected chi connectivity index (χ3v) is 4.23. The van der Waals surface area contributed by atoms with Crippen molar-refractivity contribution in [2.75, 3.05) is 11.9 Å². The molecule has 1 aliphatic carbocycles. The van der Waals surface area contributed by atoms with E-state index in [2.05, 4.69) is 10.4 Å². The highest BCUT2D eigenvalue weighted by atomic mass is 35.5. The predicted octanol–water partition coefficient (Wildman–Crippen LogP) is 3.38. The Kier molecular flexibility index (Phi) is 4.11. The van der Waals surface area contributed by atoms with E-state index in [9.17, 15) is 13.6 Å². The van der Waals surface area contributed by atoms with Crippen molar-refractivity contribution in [3.05, 3.63) is 51.4 Å². The van der Waals surface area contributed by atoms with Crippen LogP contribution >= 0.6 is 11.6 Å². The van der Waals surface area contributed by atoms with Gasteiger partial charge in [0, 0.05) is 12.6 Å². The first kappa shape index (κ1) is 15.0. The molecule has 1 N–H and O–H groups in total. The quantitative estimate of drug-likeness (QED) is 0.937. The van der Waals surface area contributed by atoms with Gasteiger partial charge in [-0.15, -0.1) is 0 Å². The largest absolute Gasteiger partial charge is 0.382 e. The molecule has 0 aliphatic heterocycles. The molecular formula is C15H14ClF2N3O. The number of rotatable bonds is 4. The number of nitrogens with one attached hydrogen (secondary N) is 1. The highest BCUT2D eigenvalue weighted by molar-refractivity contribution is 6.32. The van der Waals surface area contributed by atoms with Gasteiger partial charge < -0.3 is 5.32 Å². The van der Waals surface area contributed by atoms with E-state index in [0.717, 1.165) is 36.2 Å². The maximum atomic E-state index is 13.8. The third-order valence-electron chi connectivity index (χ3n) is 3.86. The molecule has 2 aromatic rings. The number of aromatic nitrogens is 2. The molecule has 1 fully saturated rings. The van der Waals surface area contributed by atoms with Crippen molar-refractivity contribution in [1.29, 1.82) is 0 Å². The van der Waals surface area contributed by atoms with Gasteiger partial charge in [0.1, 0.15) is 16.5 Å². The second-order valence-electron chi connectivity index (χ2n) is 5.36. The molecule has 0 atom stereocenters. The minimum absolute atomic E-state index is 0.0574. The van der Waals surface area contributed by atoms with Gasteiger partial charge >= 0.3 is 0 Å². The van der Waals surface area contributed by atoms with E-state index >= 15 is 0 Å². The van der Waals surface area contributed by atoms with Crippen molar-refractivity contribution >= 4 is 17.3 Å². The standard InChI is InChI=1S/C15H14ClF2N3O/c16-14-12(19-7-9-2-1-3-9)8-20-21(15(14)22)13-5-4-10(17)6-11(13)18/h4-6,8-9,19H,1-3,7H2. The van der Waals surface area contributed by atoms with E-state index < -0.39 is 17.2 Å². The molecule has 0 unspecified atom stereocenters. The summed E-state index contributed by atoms with van der Waals surface area (Å²) in [6.07, 6.45) is 4.93. The van der Waals surface area contributed by atoms with Crippen LogP contribution in [0.1, 0.15) is 19.3 Å². The maximum absolute atomic E-state index is 13.8. The number of hydrogen-bond acceptors (Lipinski definition) is 3. The smallest absolute Gasteiger partial charge is 0.292 e. The van der Waals surface area contributed by atoms with Gasteiger partial charge in [-0.25, -0.2) is 8.78 Å². The van der Waals surface area contributed by atoms with Crippen LogP contribution in [0.5, 0.6) is 0 Å². The third kappa shape index (κ3) is 2.83. The Labute approximate surface area is 130 Å². The van der Waals surface area contributed by atoms with Gasteiger partial charge in [-0.1, -0.05) is 18.0 Å². The van der Waals surface area contributed by atoms with Gasteiger partial charge in [-0.05, 0) is 30.9 Å². The lowest BCUT2D eigenvalue weighted by atomic mass is 9.85. The van der Waals surface area contributed by atoms with E-state index in [1.807, 2.05) is 0 Å². The minimum atomic E-state index is -0.874. The van der Waals surface area contributed by atoms with Gasteiger partial charge in [-0.3, -0.25) is 4.79 Å². The maximum Gasteiger partial charge on any atom is 0.292 e. The molecule has 4 nitrogen and oxygen atoms in total. The van der Waals surface area contributed by atoms with Crippen LogP contribution in [0.15, 0.2) is 29.2 Å². The predicted molar refractivity (Wildman–Crippen MR) is 80.6 cm³/mol. The van der Waals surface area contributed by atoms with E-state index in [0.29, 0.717) is 17.7 Å². The van der Waals surface area contributed by atoms with Crippen molar-refractivity contribution in [2.24, 2.45) is 5.92 Å². The zero-order chi connectivity index (χ0) is 15.7. The molecule has 1 saturated carbocycles. The zero-order valence-corrected chi connectivity index (χ0v) is 12.4. The van der Waals surface area contributed by atoms with Crippen LogP contribution in [0.2, 0.25) is 5.02 Å². The molecule has 116 valence electrons. The molecule has 1 heterocycles. The number of anilines is 1. The molecule has 0 radical (unpaired) electrons. The molecule has 1 aliphatic rings. The molecule has 0 saturated heterocycles. The summed E-state index contributed by atoms with van der Waals surface area (Å²) >= 11 is 6.04. The number of halogens is 3. The van der Waals surface area contributed by atoms with E-state index in [4.69, 9.17) is 11.6 Å². The summed E-state index contributed by atoms with van der Waals surface area (Å²) in [6.45, 7) is 0.732. The number of nitrogens with zero attached hydrogens (tertiary/aromatic N) is 2. The van der Waals surface area contributed by atoms with Crippen LogP contribution in [-0.2, 0) is 0 Å². The van der Waals surface area contributed by atoms with Crippen LogP contribution < -0.4 is 10.9 Å². The highest BCUT2D eigenvalue weighted by Gasteiger charge is 2.19. The van der Waals surface area contributed by atoms with E-state index in [1.54, 1.807) is 0 Å². The molecular weight excluding hydrogens is 312 g/mol. The van der Waals surface area contributed by atoms with Crippen molar-refractivity contribution in [1.82, 2.24) is 9.78 Å². The van der Waals surface area contributed by atoms with Crippen molar-refractivity contribution in [2.45, 2.75) is 19.3 Å². The first-order chi connectivity index (χ1) is 10.6. The molecule has 7 heteroatoms. The van der Waals surface area contributed by atoms with Crippen LogP contribution in [0, 0.1) is 17.6 Å². The topological polar surface area (TPSA) is 46.9 Å². The summed E-state index contributed by atoms with van der Waals surface area (Å²) in [5.74, 6) is -1.01. The normalized spacial score (nSPS) is 14.7. The Bertz CT molecular complexity index is 759. The molecule has 0 amide bonds. The van der Waals surface area contributed by atoms with Crippen molar-refractivity contribution in [3.8, 4) is 5.69 Å². The summed E-state index contributed by atoms with van der Waals surface area (Å²) in [4.78, 5) is 12.2. The summed E-state index contributed by atoms with van der Waals surface area (Å²) in [7, 11) is 0. The Morgan fingerprint density at radius 3 is 2.77 bits per heavy atom. The number of benzene rings is 1. The lowest BCUT2D eigenvalue weighted by molar-refractivity contribution is 0.333. The van der Waals surface area contributed by atoms with Crippen LogP contribution in [-0.4, -0.2) is 16.3 Å². The van der Waals surface area contributed by atoms with Crippen LogP contribution in [0.4, 0.5) is 14.5 Å². The summed E-state index contributed by atoms with van der Waals surface area (Å²) in [5, 5.41) is 6.96. The lowest BCUT2D eigenvalue weighted by Gasteiger charge is -2.25. The van der Waals surface area contributed by atoms with Crippen molar-refractivity contribution < 1.29 is 8.78 Å². The Morgan fingerprint density at radius 2 is 2.14 bits per heavy atom. The molecule has 3 rings (SSSR count). The molecule has 1 aromatic carbocycles. The average Bonchev–Trinajstić information content (AvgIpc) is 2.43. The van der Waals surface area contributed by atoms with Crippen LogP contribution in [0.3, 0.4) is 0 Å². The minimum Gasteiger partial charge on any atom is -0.382 e. The van der Waals surface area contributed by atoms with Gasteiger partial charge in [0.2, 0.25) is 0 Å². The Hall–Kier alpha value is -1.95. The Balaban J connectivity index is 1.90. The fourth-order valence-corrected chi connectivity index (χ4v) is 2.53. The number of hydrogen-bond donors (Lipinski definition) is 1. The van der Waals surface area contributed by atoms with Gasteiger partial charge in [0.15, 0.2) is 5.82 Å². The second kappa shape index (κ2) is 6.04. The van der Waals surface area contributed by atoms with Gasteiger partial charge in [0.25, 0.3) is 5.56 Å². The average molecular weight is 326 g/mol. The summed E-state index contributed by atoms with van der Waals surface area (Å²) in [6, 6.07) is 2.90. The fraction of sp³-hybridized carbons (Fsp3) is 0.333. The fourth-order valence-electron chi connectivity index (χ4n) is 2.33. The summed E-state index contributed by atoms with van der Waals surface area (Å²) in [5.41, 5.74) is -0.359. The SMILES string of the molecule is O=c1c(Cl)c(NCC2CCC2)cnn1-c1ccc(F)cc1F. The monoisotopic (exact) mass is 325 g/mol. The molecule has 22 heavy (non-hydrogen) atoms. The van der Waals surface area contributed by atoms with Gasteiger partial charge in [0.05, 0.1) is 11.9 Å². The first-order valence-corrected chi connectivity index (χ1v) is 7.41. The first-order valence-electron chi connectivity index (χ1n) is 7.03. The van der Waals surface area contributed by atoms with E-state index in [1.165, 1.54) is 12.6 Å². The zero-order valence-electron chi connectivity index (χ0n) is 11.7. The molecule has 0 spiro atoms. The summed E-state index contributed by atoms with van der Waals surface area (Å²) < 4.78 is 27.5. The van der Waals surface area contributed by atoms with Gasteiger partial charge in [-0.2, -0.15) is 9.78 Å². The second-order valence-corrected chi connectivity index (χ2v) is 5.74. The van der Waals surface area contributed by atoms with Crippen LogP contribution in [0.25, 0.3) is 5.69 Å². The lowest BCUT2D eigenvalue weighted by Crippen LogP contribution is -2.26. The highest BCUT2D eigenvalue weighted by Crippen LogP contribution is 2.27.